The molecule has 0 spiro atoms. The number of rotatable bonds is 2. The summed E-state index contributed by atoms with van der Waals surface area (Å²) in [5.41, 5.74) is 1.49. The van der Waals surface area contributed by atoms with Crippen molar-refractivity contribution in [3.8, 4) is 0 Å². The lowest BCUT2D eigenvalue weighted by molar-refractivity contribution is 0.504. The normalized spacial score (nSPS) is 16.5. The lowest BCUT2D eigenvalue weighted by atomic mass is 9.89. The molecule has 0 amide bonds. The molecule has 2 heterocycles. The molecule has 0 radical (unpaired) electrons. The van der Waals surface area contributed by atoms with Gasteiger partial charge in [0.25, 0.3) is 0 Å². The van der Waals surface area contributed by atoms with Gasteiger partial charge in [0, 0.05) is 18.5 Å². The molecule has 3 heteroatoms. The Kier molecular flexibility index (Phi) is 3.36. The molecule has 106 valence electrons. The van der Waals surface area contributed by atoms with Crippen LogP contribution in [-0.2, 0) is 0 Å². The molecule has 0 aliphatic carbocycles. The van der Waals surface area contributed by atoms with Crippen molar-refractivity contribution in [2.75, 3.05) is 18.0 Å². The van der Waals surface area contributed by atoms with Gasteiger partial charge in [0.15, 0.2) is 0 Å². The maximum Gasteiger partial charge on any atom is 0.150 e. The van der Waals surface area contributed by atoms with E-state index in [-0.39, 0.29) is 0 Å². The highest BCUT2D eigenvalue weighted by atomic mass is 32.1. The Morgan fingerprint density at radius 2 is 1.62 bits per heavy atom. The fraction of sp³-hybridized carbons (Fsp3) is 0.278. The lowest BCUT2D eigenvalue weighted by Gasteiger charge is -2.32. The van der Waals surface area contributed by atoms with Gasteiger partial charge in [-0.1, -0.05) is 42.5 Å². The first-order chi connectivity index (χ1) is 10.4. The van der Waals surface area contributed by atoms with E-state index in [1.54, 1.807) is 11.5 Å². The minimum atomic E-state index is 0.701. The number of hydrogen-bond donors (Lipinski definition) is 0. The standard InChI is InChI=1S/C18H18N2S/c1-2-6-14(7-3-1)15-10-12-20(13-11-15)18-16-8-4-5-9-17(16)21-19-18/h1-9,15H,10-13H2. The van der Waals surface area contributed by atoms with Crippen molar-refractivity contribution in [2.45, 2.75) is 18.8 Å². The molecule has 0 bridgehead atoms. The van der Waals surface area contributed by atoms with Crippen LogP contribution in [-0.4, -0.2) is 17.5 Å². The number of aromatic nitrogens is 1. The number of benzene rings is 2. The van der Waals surface area contributed by atoms with Crippen LogP contribution in [0.25, 0.3) is 10.1 Å². The van der Waals surface area contributed by atoms with Crippen LogP contribution in [0.3, 0.4) is 0 Å². The molecule has 1 aliphatic heterocycles. The first kappa shape index (κ1) is 12.8. The molecule has 1 aliphatic rings. The Balaban J connectivity index is 1.53. The molecule has 1 aromatic heterocycles. The Morgan fingerprint density at radius 3 is 2.43 bits per heavy atom. The van der Waals surface area contributed by atoms with E-state index < -0.39 is 0 Å². The van der Waals surface area contributed by atoms with Gasteiger partial charge >= 0.3 is 0 Å². The smallest absolute Gasteiger partial charge is 0.150 e. The average molecular weight is 294 g/mol. The zero-order valence-corrected chi connectivity index (χ0v) is 12.7. The monoisotopic (exact) mass is 294 g/mol. The molecule has 0 saturated carbocycles. The van der Waals surface area contributed by atoms with Crippen LogP contribution in [0, 0.1) is 0 Å². The zero-order valence-electron chi connectivity index (χ0n) is 11.9. The Morgan fingerprint density at radius 1 is 0.905 bits per heavy atom. The molecule has 2 aromatic carbocycles. The first-order valence-corrected chi connectivity index (χ1v) is 8.33. The van der Waals surface area contributed by atoms with E-state index in [4.69, 9.17) is 0 Å². The molecule has 3 aromatic rings. The number of anilines is 1. The second-order valence-electron chi connectivity index (χ2n) is 5.67. The summed E-state index contributed by atoms with van der Waals surface area (Å²) in [5, 5.41) is 1.31. The van der Waals surface area contributed by atoms with Crippen molar-refractivity contribution in [3.63, 3.8) is 0 Å². The quantitative estimate of drug-likeness (QED) is 0.682. The van der Waals surface area contributed by atoms with Crippen LogP contribution >= 0.6 is 11.5 Å². The maximum atomic E-state index is 4.68. The SMILES string of the molecule is c1ccc(C2CCN(c3nsc4ccccc34)CC2)cc1. The third-order valence-corrected chi connectivity index (χ3v) is 5.24. The van der Waals surface area contributed by atoms with Crippen molar-refractivity contribution < 1.29 is 0 Å². The molecule has 2 nitrogen and oxygen atoms in total. The molecule has 21 heavy (non-hydrogen) atoms. The van der Waals surface area contributed by atoms with Crippen LogP contribution < -0.4 is 4.90 Å². The van der Waals surface area contributed by atoms with Crippen LogP contribution in [0.1, 0.15) is 24.3 Å². The van der Waals surface area contributed by atoms with E-state index in [1.165, 1.54) is 34.3 Å². The molecule has 1 fully saturated rings. The summed E-state index contributed by atoms with van der Waals surface area (Å²) in [6.07, 6.45) is 2.44. The predicted molar refractivity (Wildman–Crippen MR) is 90.3 cm³/mol. The predicted octanol–water partition coefficient (Wildman–Crippen LogP) is 4.68. The maximum absolute atomic E-state index is 4.68. The topological polar surface area (TPSA) is 16.1 Å². The van der Waals surface area contributed by atoms with Gasteiger partial charge in [-0.2, -0.15) is 4.37 Å². The van der Waals surface area contributed by atoms with Crippen molar-refractivity contribution in [1.29, 1.82) is 0 Å². The summed E-state index contributed by atoms with van der Waals surface area (Å²) < 4.78 is 5.97. The van der Waals surface area contributed by atoms with Crippen molar-refractivity contribution in [1.82, 2.24) is 4.37 Å². The highest BCUT2D eigenvalue weighted by Gasteiger charge is 2.23. The lowest BCUT2D eigenvalue weighted by Crippen LogP contribution is -2.33. The summed E-state index contributed by atoms with van der Waals surface area (Å²) in [6.45, 7) is 2.21. The largest absolute Gasteiger partial charge is 0.355 e. The summed E-state index contributed by atoms with van der Waals surface area (Å²) in [5.74, 6) is 1.88. The van der Waals surface area contributed by atoms with Crippen LogP contribution in [0.2, 0.25) is 0 Å². The van der Waals surface area contributed by atoms with E-state index in [2.05, 4.69) is 63.9 Å². The van der Waals surface area contributed by atoms with E-state index >= 15 is 0 Å². The minimum absolute atomic E-state index is 0.701. The number of piperidine rings is 1. The van der Waals surface area contributed by atoms with Gasteiger partial charge in [0.2, 0.25) is 0 Å². The molecular weight excluding hydrogens is 276 g/mol. The fourth-order valence-corrected chi connectivity index (χ4v) is 4.05. The molecule has 0 unspecified atom stereocenters. The number of nitrogens with zero attached hydrogens (tertiary/aromatic N) is 2. The highest BCUT2D eigenvalue weighted by Crippen LogP contribution is 2.34. The Bertz CT molecular complexity index is 727. The van der Waals surface area contributed by atoms with Gasteiger partial charge in [-0.15, -0.1) is 0 Å². The minimum Gasteiger partial charge on any atom is -0.355 e. The van der Waals surface area contributed by atoms with Gasteiger partial charge in [-0.05, 0) is 48.0 Å². The number of fused-ring (bicyclic) bond motifs is 1. The molecule has 1 saturated heterocycles. The second-order valence-corrected chi connectivity index (χ2v) is 6.48. The summed E-state index contributed by atoms with van der Waals surface area (Å²) in [7, 11) is 0. The van der Waals surface area contributed by atoms with Gasteiger partial charge < -0.3 is 4.90 Å². The van der Waals surface area contributed by atoms with Crippen molar-refractivity contribution in [3.05, 3.63) is 60.2 Å². The summed E-state index contributed by atoms with van der Waals surface area (Å²) >= 11 is 1.61. The zero-order chi connectivity index (χ0) is 14.1. The highest BCUT2D eigenvalue weighted by molar-refractivity contribution is 7.13. The van der Waals surface area contributed by atoms with Crippen LogP contribution in [0.4, 0.5) is 5.82 Å². The van der Waals surface area contributed by atoms with Crippen molar-refractivity contribution >= 4 is 27.4 Å². The molecule has 0 N–H and O–H groups in total. The molecular formula is C18H18N2S. The van der Waals surface area contributed by atoms with E-state index in [9.17, 15) is 0 Å². The van der Waals surface area contributed by atoms with E-state index in [0.29, 0.717) is 5.92 Å². The number of hydrogen-bond acceptors (Lipinski definition) is 3. The van der Waals surface area contributed by atoms with Gasteiger partial charge in [-0.25, -0.2) is 0 Å². The van der Waals surface area contributed by atoms with Crippen LogP contribution in [0.5, 0.6) is 0 Å². The average Bonchev–Trinajstić information content (AvgIpc) is 3.00. The third kappa shape index (κ3) is 2.42. The Hall–Kier alpha value is -1.87. The van der Waals surface area contributed by atoms with Gasteiger partial charge in [0.05, 0.1) is 4.70 Å². The summed E-state index contributed by atoms with van der Waals surface area (Å²) in [4.78, 5) is 2.46. The van der Waals surface area contributed by atoms with E-state index in [0.717, 1.165) is 13.1 Å². The van der Waals surface area contributed by atoms with E-state index in [1.807, 2.05) is 0 Å². The summed E-state index contributed by atoms with van der Waals surface area (Å²) in [6, 6.07) is 19.5. The molecule has 0 atom stereocenters. The third-order valence-electron chi connectivity index (χ3n) is 4.42. The molecule has 4 rings (SSSR count). The van der Waals surface area contributed by atoms with Crippen LogP contribution in [0.15, 0.2) is 54.6 Å². The first-order valence-electron chi connectivity index (χ1n) is 7.56. The fourth-order valence-electron chi connectivity index (χ4n) is 3.25. The van der Waals surface area contributed by atoms with Gasteiger partial charge in [0.1, 0.15) is 5.82 Å². The Labute approximate surface area is 129 Å². The second kappa shape index (κ2) is 5.49. The van der Waals surface area contributed by atoms with Gasteiger partial charge in [-0.3, -0.25) is 0 Å². The van der Waals surface area contributed by atoms with Crippen molar-refractivity contribution in [2.24, 2.45) is 0 Å².